The van der Waals surface area contributed by atoms with Gasteiger partial charge in [-0.25, -0.2) is 0 Å². The number of nitrogens with one attached hydrogen (secondary N) is 1. The van der Waals surface area contributed by atoms with Crippen molar-refractivity contribution in [2.45, 2.75) is 32.6 Å². The number of esters is 1. The number of benzene rings is 2. The lowest BCUT2D eigenvalue weighted by atomic mass is 9.89. The van der Waals surface area contributed by atoms with Gasteiger partial charge in [0.2, 0.25) is 5.91 Å². The second kappa shape index (κ2) is 6.65. The molecule has 0 saturated heterocycles. The van der Waals surface area contributed by atoms with E-state index in [4.69, 9.17) is 16.3 Å². The van der Waals surface area contributed by atoms with Crippen LogP contribution < -0.4 is 10.1 Å². The van der Waals surface area contributed by atoms with Gasteiger partial charge in [-0.05, 0) is 37.6 Å². The number of fused-ring (bicyclic) bond motifs is 1. The molecular formula is C19H18ClNO3. The van der Waals surface area contributed by atoms with Crippen molar-refractivity contribution in [1.29, 1.82) is 0 Å². The summed E-state index contributed by atoms with van der Waals surface area (Å²) in [5, 5.41) is 3.43. The molecule has 0 aliphatic carbocycles. The number of hydrogen-bond acceptors (Lipinski definition) is 3. The molecule has 0 bridgehead atoms. The number of anilines is 1. The van der Waals surface area contributed by atoms with Gasteiger partial charge >= 0.3 is 5.97 Å². The molecule has 4 nitrogen and oxygen atoms in total. The van der Waals surface area contributed by atoms with Crippen LogP contribution in [0.5, 0.6) is 5.75 Å². The van der Waals surface area contributed by atoms with Crippen LogP contribution >= 0.6 is 11.6 Å². The van der Waals surface area contributed by atoms with Crippen LogP contribution in [0.3, 0.4) is 0 Å². The van der Waals surface area contributed by atoms with Crippen molar-refractivity contribution in [1.82, 2.24) is 0 Å². The molecule has 24 heavy (non-hydrogen) atoms. The average molecular weight is 344 g/mol. The molecule has 0 fully saturated rings. The molecule has 1 amide bonds. The molecule has 2 aromatic carbocycles. The Morgan fingerprint density at radius 3 is 2.83 bits per heavy atom. The Hall–Kier alpha value is -2.33. The molecular weight excluding hydrogens is 326 g/mol. The number of amides is 1. The summed E-state index contributed by atoms with van der Waals surface area (Å²) in [6.07, 6.45) is 0.330. The van der Waals surface area contributed by atoms with Crippen molar-refractivity contribution in [3.63, 3.8) is 0 Å². The maximum absolute atomic E-state index is 12.4. The summed E-state index contributed by atoms with van der Waals surface area (Å²) in [6.45, 7) is 3.96. The van der Waals surface area contributed by atoms with E-state index in [0.29, 0.717) is 10.8 Å². The number of carbonyl (C=O) groups excluding carboxylic acids is 2. The molecule has 1 unspecified atom stereocenters. The van der Waals surface area contributed by atoms with Gasteiger partial charge in [-0.3, -0.25) is 9.59 Å². The number of ether oxygens (including phenoxy) is 1. The Kier molecular flexibility index (Phi) is 4.58. The predicted octanol–water partition coefficient (Wildman–Crippen LogP) is 4.38. The van der Waals surface area contributed by atoms with Crippen molar-refractivity contribution in [2.24, 2.45) is 0 Å². The Bertz CT molecular complexity index is 816. The van der Waals surface area contributed by atoms with Crippen LogP contribution in [0.4, 0.5) is 5.69 Å². The molecule has 124 valence electrons. The highest BCUT2D eigenvalue weighted by Crippen LogP contribution is 2.40. The second-order valence-electron chi connectivity index (χ2n) is 6.10. The van der Waals surface area contributed by atoms with Crippen molar-refractivity contribution in [3.05, 3.63) is 58.1 Å². The highest BCUT2D eigenvalue weighted by molar-refractivity contribution is 6.31. The van der Waals surface area contributed by atoms with E-state index in [2.05, 4.69) is 5.32 Å². The minimum absolute atomic E-state index is 0.146. The first-order chi connectivity index (χ1) is 11.4. The second-order valence-corrected chi connectivity index (χ2v) is 6.50. The first kappa shape index (κ1) is 16.5. The highest BCUT2D eigenvalue weighted by atomic mass is 35.5. The molecule has 3 rings (SSSR count). The highest BCUT2D eigenvalue weighted by Gasteiger charge is 2.30. The smallest absolute Gasteiger partial charge is 0.311 e. The van der Waals surface area contributed by atoms with E-state index in [9.17, 15) is 9.59 Å². The standard InChI is InChI=1S/C19H18ClNO3/c1-11-6-7-15(12(2)8-11)21-17(22)9-13-10-18(23)24-16-5-3-4-14(20)19(13)16/h3-8,13H,9-10H2,1-2H3,(H,21,22). The summed E-state index contributed by atoms with van der Waals surface area (Å²) in [5.41, 5.74) is 3.66. The van der Waals surface area contributed by atoms with Crippen LogP contribution in [0, 0.1) is 13.8 Å². The fourth-order valence-electron chi connectivity index (χ4n) is 3.02. The molecule has 1 heterocycles. The SMILES string of the molecule is Cc1ccc(NC(=O)CC2CC(=O)Oc3cccc(Cl)c32)c(C)c1. The molecule has 5 heteroatoms. The maximum atomic E-state index is 12.4. The van der Waals surface area contributed by atoms with Gasteiger partial charge in [-0.15, -0.1) is 0 Å². The zero-order valence-corrected chi connectivity index (χ0v) is 14.3. The molecule has 1 N–H and O–H groups in total. The summed E-state index contributed by atoms with van der Waals surface area (Å²) in [5.74, 6) is -0.314. The van der Waals surface area contributed by atoms with Gasteiger partial charge in [0.25, 0.3) is 0 Å². The van der Waals surface area contributed by atoms with E-state index in [1.165, 1.54) is 0 Å². The zero-order chi connectivity index (χ0) is 17.3. The minimum atomic E-state index is -0.339. The van der Waals surface area contributed by atoms with Gasteiger partial charge in [0.1, 0.15) is 5.75 Å². The normalized spacial score (nSPS) is 16.3. The third-order valence-electron chi connectivity index (χ3n) is 4.15. The van der Waals surface area contributed by atoms with Crippen molar-refractivity contribution in [3.8, 4) is 5.75 Å². The van der Waals surface area contributed by atoms with Crippen molar-refractivity contribution < 1.29 is 14.3 Å². The van der Waals surface area contributed by atoms with E-state index < -0.39 is 0 Å². The van der Waals surface area contributed by atoms with Gasteiger partial charge in [0.05, 0.1) is 6.42 Å². The number of halogens is 1. The van der Waals surface area contributed by atoms with Gasteiger partial charge in [0, 0.05) is 28.6 Å². The van der Waals surface area contributed by atoms with Crippen LogP contribution in [0.2, 0.25) is 5.02 Å². The maximum Gasteiger partial charge on any atom is 0.311 e. The molecule has 0 radical (unpaired) electrons. The quantitative estimate of drug-likeness (QED) is 0.664. The third kappa shape index (κ3) is 3.44. The molecule has 2 aromatic rings. The fourth-order valence-corrected chi connectivity index (χ4v) is 3.34. The Morgan fingerprint density at radius 1 is 1.29 bits per heavy atom. The van der Waals surface area contributed by atoms with E-state index in [0.717, 1.165) is 22.4 Å². The number of carbonyl (C=O) groups is 2. The fraction of sp³-hybridized carbons (Fsp3) is 0.263. The topological polar surface area (TPSA) is 55.4 Å². The lowest BCUT2D eigenvalue weighted by Crippen LogP contribution is -2.24. The summed E-state index contributed by atoms with van der Waals surface area (Å²) >= 11 is 6.25. The van der Waals surface area contributed by atoms with Crippen LogP contribution in [-0.4, -0.2) is 11.9 Å². The summed E-state index contributed by atoms with van der Waals surface area (Å²) < 4.78 is 5.22. The van der Waals surface area contributed by atoms with E-state index in [1.807, 2.05) is 32.0 Å². The minimum Gasteiger partial charge on any atom is -0.426 e. The summed E-state index contributed by atoms with van der Waals surface area (Å²) in [6, 6.07) is 11.0. The number of rotatable bonds is 3. The van der Waals surface area contributed by atoms with Gasteiger partial charge in [-0.1, -0.05) is 35.4 Å². The summed E-state index contributed by atoms with van der Waals surface area (Å²) in [4.78, 5) is 24.2. The molecule has 0 spiro atoms. The van der Waals surface area contributed by atoms with Crippen molar-refractivity contribution in [2.75, 3.05) is 5.32 Å². The molecule has 1 aliphatic heterocycles. The van der Waals surface area contributed by atoms with Crippen LogP contribution in [0.25, 0.3) is 0 Å². The Labute approximate surface area is 145 Å². The van der Waals surface area contributed by atoms with Gasteiger partial charge < -0.3 is 10.1 Å². The summed E-state index contributed by atoms with van der Waals surface area (Å²) in [7, 11) is 0. The number of hydrogen-bond donors (Lipinski definition) is 1. The average Bonchev–Trinajstić information content (AvgIpc) is 2.49. The molecule has 1 atom stereocenters. The predicted molar refractivity (Wildman–Crippen MR) is 93.6 cm³/mol. The monoisotopic (exact) mass is 343 g/mol. The third-order valence-corrected chi connectivity index (χ3v) is 4.48. The van der Waals surface area contributed by atoms with Gasteiger partial charge in [-0.2, -0.15) is 0 Å². The number of aryl methyl sites for hydroxylation is 2. The Balaban J connectivity index is 1.79. The van der Waals surface area contributed by atoms with Gasteiger partial charge in [0.15, 0.2) is 0 Å². The van der Waals surface area contributed by atoms with E-state index in [-0.39, 0.29) is 30.6 Å². The lowest BCUT2D eigenvalue weighted by molar-refractivity contribution is -0.136. The van der Waals surface area contributed by atoms with E-state index >= 15 is 0 Å². The van der Waals surface area contributed by atoms with Crippen LogP contribution in [0.1, 0.15) is 35.4 Å². The zero-order valence-electron chi connectivity index (χ0n) is 13.6. The largest absolute Gasteiger partial charge is 0.426 e. The van der Waals surface area contributed by atoms with Crippen LogP contribution in [-0.2, 0) is 9.59 Å². The van der Waals surface area contributed by atoms with Crippen LogP contribution in [0.15, 0.2) is 36.4 Å². The van der Waals surface area contributed by atoms with Crippen molar-refractivity contribution >= 4 is 29.2 Å². The first-order valence-electron chi connectivity index (χ1n) is 7.80. The molecule has 0 saturated carbocycles. The Morgan fingerprint density at radius 2 is 2.08 bits per heavy atom. The molecule has 1 aliphatic rings. The van der Waals surface area contributed by atoms with E-state index in [1.54, 1.807) is 18.2 Å². The lowest BCUT2D eigenvalue weighted by Gasteiger charge is -2.25. The first-order valence-corrected chi connectivity index (χ1v) is 8.18. The molecule has 0 aromatic heterocycles.